The van der Waals surface area contributed by atoms with Crippen molar-refractivity contribution in [1.82, 2.24) is 9.97 Å². The van der Waals surface area contributed by atoms with Crippen LogP contribution in [0.5, 0.6) is 0 Å². The molecule has 2 aromatic heterocycles. The maximum Gasteiger partial charge on any atom is 0.167 e. The fraction of sp³-hybridized carbons (Fsp3) is 0.310. The number of aliphatic hydroxyl groups excluding tert-OH is 2. The Morgan fingerprint density at radius 3 is 1.57 bits per heavy atom. The summed E-state index contributed by atoms with van der Waals surface area (Å²) in [6.45, 7) is 12.6. The number of benzene rings is 4. The van der Waals surface area contributed by atoms with Crippen LogP contribution in [0.3, 0.4) is 0 Å². The van der Waals surface area contributed by atoms with E-state index in [2.05, 4.69) is 92.3 Å². The van der Waals surface area contributed by atoms with Crippen molar-refractivity contribution in [2.75, 3.05) is 11.5 Å². The van der Waals surface area contributed by atoms with Crippen LogP contribution in [-0.4, -0.2) is 59.6 Å². The van der Waals surface area contributed by atoms with Gasteiger partial charge in [0, 0.05) is 55.7 Å². The van der Waals surface area contributed by atoms with Crippen LogP contribution in [0, 0.1) is 37.5 Å². The molecule has 0 amide bonds. The Bertz CT molecular complexity index is 2670. The van der Waals surface area contributed by atoms with Crippen molar-refractivity contribution in [3.8, 4) is 0 Å². The topological polar surface area (TPSA) is 100 Å². The molecule has 4 atom stereocenters. The molecule has 0 saturated heterocycles. The first-order valence-corrected chi connectivity index (χ1v) is 39.6. The van der Waals surface area contributed by atoms with Gasteiger partial charge in [0.25, 0.3) is 0 Å². The van der Waals surface area contributed by atoms with Crippen molar-refractivity contribution in [1.29, 1.82) is 0 Å². The minimum Gasteiger partial charge on any atom is -0.512 e. The summed E-state index contributed by atoms with van der Waals surface area (Å²) in [6.07, 6.45) is 9.11. The van der Waals surface area contributed by atoms with Gasteiger partial charge in [-0.25, -0.2) is 9.97 Å². The number of rotatable bonds is 14. The largest absolute Gasteiger partial charge is 0.512 e. The van der Waals surface area contributed by atoms with E-state index in [1.807, 2.05) is 105 Å². The molecule has 11 heteroatoms. The number of thioether (sulfide) groups is 2. The Morgan fingerprint density at radius 2 is 1.09 bits per heavy atom. The van der Waals surface area contributed by atoms with Gasteiger partial charge in [-0.15, -0.1) is 23.5 Å². The van der Waals surface area contributed by atoms with E-state index in [1.54, 1.807) is 23.5 Å². The van der Waals surface area contributed by atoms with Crippen molar-refractivity contribution < 1.29 is 19.8 Å². The van der Waals surface area contributed by atoms with E-state index < -0.39 is 16.4 Å². The van der Waals surface area contributed by atoms with Crippen molar-refractivity contribution >= 4 is 83.9 Å². The van der Waals surface area contributed by atoms with Crippen LogP contribution >= 0.6 is 40.5 Å². The number of hydrogen-bond donors (Lipinski definition) is 2. The molecule has 0 saturated carbocycles. The van der Waals surface area contributed by atoms with Gasteiger partial charge in [-0.2, -0.15) is 0 Å². The van der Waals surface area contributed by atoms with E-state index in [0.717, 1.165) is 66.5 Å². The fourth-order valence-corrected chi connectivity index (χ4v) is 30.6. The summed E-state index contributed by atoms with van der Waals surface area (Å²) < 4.78 is 3.25. The van der Waals surface area contributed by atoms with Gasteiger partial charge in [0.2, 0.25) is 0 Å². The molecular formula is C58H65BiCl2N2O4S2. The molecule has 6 aromatic rings. The van der Waals surface area contributed by atoms with Crippen LogP contribution in [-0.2, 0) is 22.4 Å². The predicted octanol–water partition coefficient (Wildman–Crippen LogP) is 13.3. The molecule has 0 aliphatic heterocycles. The van der Waals surface area contributed by atoms with Gasteiger partial charge >= 0.3 is 147 Å². The van der Waals surface area contributed by atoms with Crippen LogP contribution in [0.4, 0.5) is 0 Å². The van der Waals surface area contributed by atoms with Crippen molar-refractivity contribution in [2.24, 2.45) is 23.7 Å². The third kappa shape index (κ3) is 14.0. The third-order valence-electron chi connectivity index (χ3n) is 13.0. The molecule has 0 bridgehead atoms. The molecule has 362 valence electrons. The summed E-state index contributed by atoms with van der Waals surface area (Å²) in [5.41, 5.74) is 6.08. The molecule has 0 fully saturated rings. The minimum atomic E-state index is -4.67. The number of carbonyl (C=O) groups excluding carboxylic acids is 2. The smallest absolute Gasteiger partial charge is 0.167 e. The van der Waals surface area contributed by atoms with Crippen LogP contribution < -0.4 is 9.81 Å². The molecule has 2 aliphatic carbocycles. The second-order valence-corrected chi connectivity index (χ2v) is 46.6. The number of allylic oxidation sites excluding steroid dienone is 4. The summed E-state index contributed by atoms with van der Waals surface area (Å²) in [6, 6.07) is 44.8. The van der Waals surface area contributed by atoms with Crippen LogP contribution in [0.15, 0.2) is 174 Å². The molecule has 2 heterocycles. The van der Waals surface area contributed by atoms with E-state index in [0.29, 0.717) is 43.1 Å². The van der Waals surface area contributed by atoms with Crippen LogP contribution in [0.1, 0.15) is 81.2 Å². The van der Waals surface area contributed by atoms with E-state index in [9.17, 15) is 19.8 Å². The number of hydrogen-bond acceptors (Lipinski definition) is 8. The van der Waals surface area contributed by atoms with E-state index in [1.165, 1.54) is 11.6 Å². The average Bonchev–Trinajstić information content (AvgIpc) is 3.36. The molecule has 2 aliphatic rings. The predicted molar refractivity (Wildman–Crippen MR) is 294 cm³/mol. The number of carbonyl (C=O) groups is 2. The average molecular weight is 1200 g/mol. The molecule has 0 radical (unpaired) electrons. The molecule has 4 aromatic carbocycles. The number of aliphatic hydroxyl groups is 2. The summed E-state index contributed by atoms with van der Waals surface area (Å²) in [5.74, 6) is 3.52. The maximum absolute atomic E-state index is 12.9. The van der Waals surface area contributed by atoms with Gasteiger partial charge in [0.15, 0.2) is 11.6 Å². The van der Waals surface area contributed by atoms with Crippen molar-refractivity contribution in [3.63, 3.8) is 0 Å². The Balaban J connectivity index is 0.000000173. The van der Waals surface area contributed by atoms with Gasteiger partial charge < -0.3 is 10.2 Å². The second-order valence-electron chi connectivity index (χ2n) is 18.2. The van der Waals surface area contributed by atoms with E-state index in [4.69, 9.17) is 17.0 Å². The molecular weight excluding hydrogens is 1130 g/mol. The second kappa shape index (κ2) is 25.2. The maximum atomic E-state index is 12.9. The third-order valence-corrected chi connectivity index (χ3v) is 39.8. The standard InChI is InChI=1S/C23H27NO2S.C15H19NO2S.C8H9.2C6H5.Bi.2ClH/c1-4-17-7-5-6-8-19(17)23-20(25)11-18(12-21(23)26)16(3)14-27-22-10-9-15(2)13-24-22;1-10-3-4-15(16-8-10)19-9-11(2)12-5-13(17)7-14(18)6-12;1-2-8-6-4-3-5-7-8;2*1-2-4-6-5-3-1;;;/h5-10,13,16,18,25H,4,11-12,14H2,1-3H3;3-4,7-8,11-12,17H,5-6,9H2,1-2H3;3-6H,2H2,1H3;2*1-5H;;2*1H/q;;;;;+2;;/p-2. The quantitative estimate of drug-likeness (QED) is 0.0822. The molecule has 4 unspecified atom stereocenters. The number of nitrogens with zero attached hydrogens (tertiary/aromatic N) is 2. The number of aryl methyl sites for hydroxylation is 4. The van der Waals surface area contributed by atoms with Crippen molar-refractivity contribution in [2.45, 2.75) is 90.1 Å². The number of pyridine rings is 2. The van der Waals surface area contributed by atoms with Gasteiger partial charge in [-0.05, 0) is 78.3 Å². The summed E-state index contributed by atoms with van der Waals surface area (Å²) in [7, 11) is 15.1. The SMILES string of the molecule is CCc1cccc[c]1[Bi]([Cl])([Cl])([c]1ccccc1)[c]1ccccc1.CCc1ccccc1C1=C(O)CC(C(C)CSc2ccc(C)cn2)CC1=O.Cc1ccc(SCC(C)C2CC(=O)C=C(O)C2)nc1. The molecule has 6 nitrogen and oxygen atoms in total. The molecule has 8 rings (SSSR count). The summed E-state index contributed by atoms with van der Waals surface area (Å²) in [4.78, 5) is 33.1. The number of ketones is 2. The fourth-order valence-electron chi connectivity index (χ4n) is 8.79. The Labute approximate surface area is 426 Å². The number of Topliss-reactive ketones (excluding diaryl/α,β-unsaturated/α-hetero) is 1. The first-order valence-electron chi connectivity index (χ1n) is 23.8. The Morgan fingerprint density at radius 1 is 0.609 bits per heavy atom. The Kier molecular flexibility index (Phi) is 19.8. The molecule has 69 heavy (non-hydrogen) atoms. The number of aromatic nitrogens is 2. The van der Waals surface area contributed by atoms with Gasteiger partial charge in [-0.3, -0.25) is 9.59 Å². The van der Waals surface area contributed by atoms with Gasteiger partial charge in [-0.1, -0.05) is 57.2 Å². The molecule has 2 N–H and O–H groups in total. The Hall–Kier alpha value is -4.24. The van der Waals surface area contributed by atoms with Gasteiger partial charge in [0.1, 0.15) is 5.76 Å². The first kappa shape index (κ1) is 54.1. The zero-order valence-electron chi connectivity index (χ0n) is 40.5. The summed E-state index contributed by atoms with van der Waals surface area (Å²) >= 11 is -1.25. The van der Waals surface area contributed by atoms with E-state index >= 15 is 0 Å². The van der Waals surface area contributed by atoms with Crippen LogP contribution in [0.25, 0.3) is 5.57 Å². The first-order chi connectivity index (χ1) is 33.1. The van der Waals surface area contributed by atoms with E-state index in [-0.39, 0.29) is 34.9 Å². The summed E-state index contributed by atoms with van der Waals surface area (Å²) in [5, 5.41) is 22.2. The monoisotopic (exact) mass is 1200 g/mol. The minimum absolute atomic E-state index is 0.0408. The van der Waals surface area contributed by atoms with Crippen molar-refractivity contribution in [3.05, 3.63) is 191 Å². The zero-order chi connectivity index (χ0) is 49.6. The number of halogens is 2. The molecule has 0 spiro atoms. The van der Waals surface area contributed by atoms with Gasteiger partial charge in [0.05, 0.1) is 21.4 Å². The van der Waals surface area contributed by atoms with Crippen LogP contribution in [0.2, 0.25) is 0 Å². The zero-order valence-corrected chi connectivity index (χ0v) is 47.1. The normalized spacial score (nSPS) is 17.5.